The largest absolute Gasteiger partial charge is 0.506 e. The molecule has 0 fully saturated rings. The van der Waals surface area contributed by atoms with E-state index in [0.717, 1.165) is 6.07 Å². The first-order valence-electron chi connectivity index (χ1n) is 5.43. The Balaban J connectivity index is 0. The summed E-state index contributed by atoms with van der Waals surface area (Å²) in [7, 11) is 0. The van der Waals surface area contributed by atoms with Crippen LogP contribution in [0, 0.1) is 10.1 Å². The number of benzene rings is 2. The molecule has 0 amide bonds. The second-order valence-electron chi connectivity index (χ2n) is 3.70. The second kappa shape index (κ2) is 12.0. The molecule has 0 heterocycles. The summed E-state index contributed by atoms with van der Waals surface area (Å²) in [6.45, 7) is 0. The molecule has 0 aliphatic rings. The Morgan fingerprint density at radius 1 is 1.04 bits per heavy atom. The number of rotatable bonds is 2. The van der Waals surface area contributed by atoms with Gasteiger partial charge in [-0.3, -0.25) is 10.1 Å². The molecule has 2 N–H and O–H groups in total. The van der Waals surface area contributed by atoms with Crippen LogP contribution in [0.5, 0.6) is 5.75 Å². The number of aromatic carboxylic acids is 1. The number of nitrogens with zero attached hydrogens (tertiary/aromatic N) is 1. The van der Waals surface area contributed by atoms with Crippen LogP contribution in [0.1, 0.15) is 10.4 Å². The molecule has 10 heteroatoms. The molecule has 2 aromatic carbocycles. The van der Waals surface area contributed by atoms with Crippen LogP contribution in [0.3, 0.4) is 0 Å². The van der Waals surface area contributed by atoms with E-state index in [1.54, 1.807) is 12.1 Å². The second-order valence-corrected chi connectivity index (χ2v) is 4.55. The van der Waals surface area contributed by atoms with Gasteiger partial charge in [0.05, 0.1) is 15.5 Å². The number of nitro benzene ring substituents is 1. The normalized spacial score (nSPS) is 8.61. The Morgan fingerprint density at radius 3 is 1.96 bits per heavy atom. The molecule has 23 heavy (non-hydrogen) atoms. The zero-order valence-electron chi connectivity index (χ0n) is 11.8. The minimum absolute atomic E-state index is 0. The van der Waals surface area contributed by atoms with Crippen molar-refractivity contribution in [2.45, 2.75) is 0 Å². The minimum Gasteiger partial charge on any atom is -0.506 e. The molecule has 0 atom stereocenters. The van der Waals surface area contributed by atoms with E-state index < -0.39 is 10.9 Å². The number of hydrogen-bond acceptors (Lipinski definition) is 4. The van der Waals surface area contributed by atoms with Crippen LogP contribution in [-0.2, 0) is 55.3 Å². The SMILES string of the molecule is O=C(O)c1ccc(Cl)cc1.O=[N+]([O-])c1ccc(O)c(Cl)c1.[Hg].[Hg]. The summed E-state index contributed by atoms with van der Waals surface area (Å²) in [6.07, 6.45) is 0. The number of carbonyl (C=O) groups is 1. The van der Waals surface area contributed by atoms with Crippen LogP contribution >= 0.6 is 23.2 Å². The van der Waals surface area contributed by atoms with Crippen LogP contribution in [0.25, 0.3) is 0 Å². The van der Waals surface area contributed by atoms with Crippen molar-refractivity contribution in [2.75, 3.05) is 0 Å². The Hall–Kier alpha value is -0.440. The summed E-state index contributed by atoms with van der Waals surface area (Å²) in [4.78, 5) is 19.8. The average Bonchev–Trinajstić information content (AvgIpc) is 2.43. The molecule has 6 nitrogen and oxygen atoms in total. The number of phenols is 1. The molecule has 0 saturated carbocycles. The zero-order valence-corrected chi connectivity index (χ0v) is 24.3. The van der Waals surface area contributed by atoms with E-state index in [-0.39, 0.29) is 77.4 Å². The number of non-ortho nitro benzene ring substituents is 1. The third kappa shape index (κ3) is 8.83. The molecular weight excluding hydrogens is 722 g/mol. The van der Waals surface area contributed by atoms with Gasteiger partial charge < -0.3 is 10.2 Å². The molecule has 2 aromatic rings. The Kier molecular flexibility index (Phi) is 12.9. The van der Waals surface area contributed by atoms with Gasteiger partial charge in [0.2, 0.25) is 0 Å². The fourth-order valence-electron chi connectivity index (χ4n) is 1.20. The van der Waals surface area contributed by atoms with Gasteiger partial charge in [-0.1, -0.05) is 23.2 Å². The van der Waals surface area contributed by atoms with E-state index in [2.05, 4.69) is 0 Å². The van der Waals surface area contributed by atoms with E-state index in [9.17, 15) is 14.9 Å². The maximum atomic E-state index is 10.3. The van der Waals surface area contributed by atoms with E-state index in [1.165, 1.54) is 24.3 Å². The number of hydrogen-bond donors (Lipinski definition) is 2. The van der Waals surface area contributed by atoms with Crippen molar-refractivity contribution < 1.29 is 75.3 Å². The molecule has 0 aromatic heterocycles. The van der Waals surface area contributed by atoms with Gasteiger partial charge in [-0.2, -0.15) is 0 Å². The van der Waals surface area contributed by atoms with Crippen LogP contribution in [0.2, 0.25) is 10.0 Å². The summed E-state index contributed by atoms with van der Waals surface area (Å²) >= 11 is 10.9. The summed E-state index contributed by atoms with van der Waals surface area (Å²) in [5.41, 5.74) is 0.122. The first-order valence-corrected chi connectivity index (χ1v) is 6.18. The number of phenolic OH excluding ortho intramolecular Hbond substituents is 1. The van der Waals surface area contributed by atoms with E-state index in [1.807, 2.05) is 0 Å². The summed E-state index contributed by atoms with van der Waals surface area (Å²) in [5, 5.41) is 28.0. The molecule has 114 valence electrons. The monoisotopic (exact) mass is 733 g/mol. The zero-order chi connectivity index (χ0) is 16.0. The number of halogens is 2. The molecule has 0 radical (unpaired) electrons. The van der Waals surface area contributed by atoms with Crippen molar-refractivity contribution in [3.63, 3.8) is 0 Å². The van der Waals surface area contributed by atoms with Crippen molar-refractivity contribution >= 4 is 34.9 Å². The molecule has 0 aliphatic carbocycles. The van der Waals surface area contributed by atoms with Crippen LogP contribution < -0.4 is 0 Å². The van der Waals surface area contributed by atoms with E-state index in [4.69, 9.17) is 33.4 Å². The molecule has 0 bridgehead atoms. The maximum Gasteiger partial charge on any atom is 0.335 e. The molecule has 0 unspecified atom stereocenters. The van der Waals surface area contributed by atoms with E-state index in [0.29, 0.717) is 5.02 Å². The molecule has 2 rings (SSSR count). The number of carboxylic acid groups (broad SMARTS) is 1. The summed E-state index contributed by atoms with van der Waals surface area (Å²) in [5.74, 6) is -1.09. The topological polar surface area (TPSA) is 101 Å². The van der Waals surface area contributed by atoms with Gasteiger partial charge in [0, 0.05) is 72.5 Å². The Labute approximate surface area is 182 Å². The predicted molar refractivity (Wildman–Crippen MR) is 78.2 cm³/mol. The first-order chi connectivity index (χ1) is 9.81. The third-order valence-electron chi connectivity index (χ3n) is 2.23. The third-order valence-corrected chi connectivity index (χ3v) is 2.79. The van der Waals surface area contributed by atoms with Gasteiger partial charge in [0.15, 0.2) is 0 Å². The number of nitro groups is 1. The van der Waals surface area contributed by atoms with Crippen LogP contribution in [0.15, 0.2) is 42.5 Å². The van der Waals surface area contributed by atoms with Crippen molar-refractivity contribution in [3.8, 4) is 5.75 Å². The molecular formula is C13H9Cl2Hg2NO5. The standard InChI is InChI=1S/C7H5ClO2.C6H4ClNO3.2Hg/c8-6-3-1-5(2-4-6)7(9)10;7-5-3-4(8(10)11)1-2-6(5)9;;/h1-4H,(H,9,10);1-3,9H;;. The van der Waals surface area contributed by atoms with Gasteiger partial charge in [-0.25, -0.2) is 4.79 Å². The maximum absolute atomic E-state index is 10.3. The van der Waals surface area contributed by atoms with Crippen LogP contribution in [-0.4, -0.2) is 21.1 Å². The summed E-state index contributed by atoms with van der Waals surface area (Å²) < 4.78 is 0. The number of carboxylic acids is 1. The fraction of sp³-hybridized carbons (Fsp3) is 0. The molecule has 0 aliphatic heterocycles. The van der Waals surface area contributed by atoms with Gasteiger partial charge in [-0.05, 0) is 30.3 Å². The molecule has 0 spiro atoms. The fourth-order valence-corrected chi connectivity index (χ4v) is 1.50. The first kappa shape index (κ1) is 24.8. The van der Waals surface area contributed by atoms with Crippen molar-refractivity contribution in [2.24, 2.45) is 0 Å². The molecule has 0 saturated heterocycles. The smallest absolute Gasteiger partial charge is 0.335 e. The number of aromatic hydroxyl groups is 1. The van der Waals surface area contributed by atoms with Gasteiger partial charge >= 0.3 is 5.97 Å². The summed E-state index contributed by atoms with van der Waals surface area (Å²) in [6, 6.07) is 9.48. The van der Waals surface area contributed by atoms with Crippen LogP contribution in [0.4, 0.5) is 5.69 Å². The van der Waals surface area contributed by atoms with Gasteiger partial charge in [0.25, 0.3) is 5.69 Å². The van der Waals surface area contributed by atoms with Gasteiger partial charge in [-0.15, -0.1) is 0 Å². The Bertz CT molecular complexity index is 668. The van der Waals surface area contributed by atoms with Gasteiger partial charge in [0.1, 0.15) is 5.75 Å². The minimum atomic E-state index is -0.934. The predicted octanol–water partition coefficient (Wildman–Crippen LogP) is 3.99. The Morgan fingerprint density at radius 2 is 1.57 bits per heavy atom. The van der Waals surface area contributed by atoms with Crippen molar-refractivity contribution in [1.82, 2.24) is 0 Å². The quantitative estimate of drug-likeness (QED) is 0.277. The van der Waals surface area contributed by atoms with E-state index >= 15 is 0 Å². The van der Waals surface area contributed by atoms with Crippen molar-refractivity contribution in [3.05, 3.63) is 68.2 Å². The van der Waals surface area contributed by atoms with Crippen molar-refractivity contribution in [1.29, 1.82) is 0 Å². The average molecular weight is 731 g/mol.